The monoisotopic (exact) mass is 392 g/mol. The lowest BCUT2D eigenvalue weighted by molar-refractivity contribution is 0.0955. The Morgan fingerprint density at radius 3 is 2.17 bits per heavy atom. The maximum atomic E-state index is 12.0. The van der Waals surface area contributed by atoms with Crippen LogP contribution in [0.25, 0.3) is 0 Å². The number of amides is 1. The number of hydrogen-bond donors (Lipinski definition) is 1. The van der Waals surface area contributed by atoms with Gasteiger partial charge in [0.25, 0.3) is 5.91 Å². The zero-order valence-corrected chi connectivity index (χ0v) is 15.1. The second-order valence-electron chi connectivity index (χ2n) is 4.66. The third-order valence-corrected chi connectivity index (χ3v) is 3.74. The normalized spacial score (nSPS) is 10.5. The molecule has 24 heavy (non-hydrogen) atoms. The molecular formula is C17H17BrN2O4. The van der Waals surface area contributed by atoms with Gasteiger partial charge in [-0.1, -0.05) is 15.9 Å². The number of benzene rings is 2. The van der Waals surface area contributed by atoms with E-state index >= 15 is 0 Å². The number of halogens is 1. The number of ether oxygens (including phenoxy) is 3. The van der Waals surface area contributed by atoms with Crippen molar-refractivity contribution in [3.63, 3.8) is 0 Å². The summed E-state index contributed by atoms with van der Waals surface area (Å²) in [6.07, 6.45) is 1.48. The van der Waals surface area contributed by atoms with Gasteiger partial charge in [0.2, 0.25) is 0 Å². The van der Waals surface area contributed by atoms with E-state index in [0.717, 1.165) is 4.47 Å². The summed E-state index contributed by atoms with van der Waals surface area (Å²) in [5.74, 6) is 1.33. The second kappa shape index (κ2) is 8.35. The molecular weight excluding hydrogens is 376 g/mol. The summed E-state index contributed by atoms with van der Waals surface area (Å²) < 4.78 is 16.7. The Balaban J connectivity index is 2.16. The van der Waals surface area contributed by atoms with Crippen LogP contribution >= 0.6 is 15.9 Å². The van der Waals surface area contributed by atoms with Gasteiger partial charge >= 0.3 is 0 Å². The summed E-state index contributed by atoms with van der Waals surface area (Å²) in [4.78, 5) is 12.0. The number of methoxy groups -OCH3 is 3. The van der Waals surface area contributed by atoms with Crippen LogP contribution in [-0.2, 0) is 0 Å². The predicted molar refractivity (Wildman–Crippen MR) is 95.3 cm³/mol. The van der Waals surface area contributed by atoms with Crippen LogP contribution in [0, 0.1) is 0 Å². The maximum absolute atomic E-state index is 12.0. The number of carbonyl (C=O) groups is 1. The Labute approximate surface area is 148 Å². The van der Waals surface area contributed by atoms with E-state index in [0.29, 0.717) is 28.4 Å². The lowest BCUT2D eigenvalue weighted by atomic mass is 10.2. The molecule has 0 atom stereocenters. The standard InChI is InChI=1S/C17H17BrN2O4/c1-22-14-9-16(24-3)15(23-2)8-12(14)10-19-20-17(21)11-4-6-13(18)7-5-11/h4-10H,1-3H3,(H,20,21)/b19-10-. The van der Waals surface area contributed by atoms with Crippen molar-refractivity contribution in [1.29, 1.82) is 0 Å². The molecule has 7 heteroatoms. The first-order chi connectivity index (χ1) is 11.6. The number of hydrazone groups is 1. The van der Waals surface area contributed by atoms with Gasteiger partial charge in [-0.25, -0.2) is 5.43 Å². The van der Waals surface area contributed by atoms with E-state index in [-0.39, 0.29) is 5.91 Å². The molecule has 2 rings (SSSR count). The molecule has 0 bridgehead atoms. The summed E-state index contributed by atoms with van der Waals surface area (Å²) in [5.41, 5.74) is 3.63. The highest BCUT2D eigenvalue weighted by Crippen LogP contribution is 2.33. The van der Waals surface area contributed by atoms with Crippen molar-refractivity contribution in [3.8, 4) is 17.2 Å². The fraction of sp³-hybridized carbons (Fsp3) is 0.176. The molecule has 2 aromatic rings. The molecule has 0 aliphatic rings. The smallest absolute Gasteiger partial charge is 0.271 e. The summed E-state index contributed by atoms with van der Waals surface area (Å²) in [7, 11) is 4.63. The SMILES string of the molecule is COc1cc(OC)c(OC)cc1/C=N\NC(=O)c1ccc(Br)cc1. The summed E-state index contributed by atoms with van der Waals surface area (Å²) in [6, 6.07) is 10.4. The maximum Gasteiger partial charge on any atom is 0.271 e. The molecule has 0 saturated heterocycles. The number of hydrogen-bond acceptors (Lipinski definition) is 5. The van der Waals surface area contributed by atoms with Crippen molar-refractivity contribution in [2.75, 3.05) is 21.3 Å². The fourth-order valence-corrected chi connectivity index (χ4v) is 2.24. The van der Waals surface area contributed by atoms with Crippen molar-refractivity contribution >= 4 is 28.1 Å². The minimum atomic E-state index is -0.307. The van der Waals surface area contributed by atoms with Crippen LogP contribution in [-0.4, -0.2) is 33.5 Å². The molecule has 2 aromatic carbocycles. The van der Waals surface area contributed by atoms with Crippen molar-refractivity contribution in [1.82, 2.24) is 5.43 Å². The van der Waals surface area contributed by atoms with Crippen LogP contribution < -0.4 is 19.6 Å². The molecule has 0 spiro atoms. The van der Waals surface area contributed by atoms with Gasteiger partial charge in [-0.2, -0.15) is 5.10 Å². The highest BCUT2D eigenvalue weighted by molar-refractivity contribution is 9.10. The molecule has 1 N–H and O–H groups in total. The number of rotatable bonds is 6. The Morgan fingerprint density at radius 1 is 1.00 bits per heavy atom. The van der Waals surface area contributed by atoms with Crippen LogP contribution in [0.2, 0.25) is 0 Å². The molecule has 0 unspecified atom stereocenters. The van der Waals surface area contributed by atoms with E-state index in [4.69, 9.17) is 14.2 Å². The molecule has 0 aromatic heterocycles. The highest BCUT2D eigenvalue weighted by atomic mass is 79.9. The van der Waals surface area contributed by atoms with Crippen LogP contribution in [0.15, 0.2) is 46.0 Å². The van der Waals surface area contributed by atoms with Gasteiger partial charge in [-0.05, 0) is 30.3 Å². The Hall–Kier alpha value is -2.54. The van der Waals surface area contributed by atoms with Crippen molar-refractivity contribution in [2.45, 2.75) is 0 Å². The average Bonchev–Trinajstić information content (AvgIpc) is 2.61. The number of nitrogens with one attached hydrogen (secondary N) is 1. The van der Waals surface area contributed by atoms with Gasteiger partial charge in [0.15, 0.2) is 11.5 Å². The van der Waals surface area contributed by atoms with E-state index in [1.54, 1.807) is 57.7 Å². The largest absolute Gasteiger partial charge is 0.496 e. The minimum Gasteiger partial charge on any atom is -0.496 e. The fourth-order valence-electron chi connectivity index (χ4n) is 1.98. The number of nitrogens with zero attached hydrogens (tertiary/aromatic N) is 1. The molecule has 0 aliphatic heterocycles. The van der Waals surface area contributed by atoms with Crippen LogP contribution in [0.1, 0.15) is 15.9 Å². The summed E-state index contributed by atoms with van der Waals surface area (Å²) >= 11 is 3.32. The first kappa shape index (κ1) is 17.8. The Bertz CT molecular complexity index is 745. The van der Waals surface area contributed by atoms with E-state index in [1.807, 2.05) is 0 Å². The third-order valence-electron chi connectivity index (χ3n) is 3.21. The van der Waals surface area contributed by atoms with E-state index in [2.05, 4.69) is 26.5 Å². The van der Waals surface area contributed by atoms with Crippen molar-refractivity contribution < 1.29 is 19.0 Å². The number of carbonyl (C=O) groups excluding carboxylic acids is 1. The Morgan fingerprint density at radius 2 is 1.58 bits per heavy atom. The first-order valence-electron chi connectivity index (χ1n) is 6.98. The zero-order chi connectivity index (χ0) is 17.5. The van der Waals surface area contributed by atoms with Gasteiger partial charge in [0.05, 0.1) is 27.5 Å². The van der Waals surface area contributed by atoms with Gasteiger partial charge in [0.1, 0.15) is 5.75 Å². The molecule has 0 radical (unpaired) electrons. The molecule has 0 heterocycles. The lowest BCUT2D eigenvalue weighted by Crippen LogP contribution is -2.17. The van der Waals surface area contributed by atoms with Gasteiger partial charge in [0, 0.05) is 21.7 Å². The minimum absolute atomic E-state index is 0.307. The van der Waals surface area contributed by atoms with Crippen molar-refractivity contribution in [3.05, 3.63) is 52.0 Å². The molecule has 0 saturated carbocycles. The van der Waals surface area contributed by atoms with E-state index in [1.165, 1.54) is 6.21 Å². The summed E-state index contributed by atoms with van der Waals surface area (Å²) in [6.45, 7) is 0. The zero-order valence-electron chi connectivity index (χ0n) is 13.5. The second-order valence-corrected chi connectivity index (χ2v) is 5.57. The molecule has 1 amide bonds. The van der Waals surface area contributed by atoms with Crippen LogP contribution in [0.4, 0.5) is 0 Å². The predicted octanol–water partition coefficient (Wildman–Crippen LogP) is 3.24. The average molecular weight is 393 g/mol. The molecule has 0 fully saturated rings. The van der Waals surface area contributed by atoms with E-state index in [9.17, 15) is 4.79 Å². The highest BCUT2D eigenvalue weighted by Gasteiger charge is 2.10. The third kappa shape index (κ3) is 4.26. The molecule has 126 valence electrons. The molecule has 0 aliphatic carbocycles. The topological polar surface area (TPSA) is 69.2 Å². The lowest BCUT2D eigenvalue weighted by Gasteiger charge is -2.11. The van der Waals surface area contributed by atoms with Crippen LogP contribution in [0.3, 0.4) is 0 Å². The first-order valence-corrected chi connectivity index (χ1v) is 7.77. The quantitative estimate of drug-likeness (QED) is 0.605. The van der Waals surface area contributed by atoms with Gasteiger partial charge in [-0.3, -0.25) is 4.79 Å². The van der Waals surface area contributed by atoms with Crippen molar-refractivity contribution in [2.24, 2.45) is 5.10 Å². The molecule has 6 nitrogen and oxygen atoms in total. The summed E-state index contributed by atoms with van der Waals surface area (Å²) in [5, 5.41) is 3.97. The Kier molecular flexibility index (Phi) is 6.20. The van der Waals surface area contributed by atoms with Gasteiger partial charge in [-0.15, -0.1) is 0 Å². The van der Waals surface area contributed by atoms with Crippen LogP contribution in [0.5, 0.6) is 17.2 Å². The van der Waals surface area contributed by atoms with Gasteiger partial charge < -0.3 is 14.2 Å². The van der Waals surface area contributed by atoms with E-state index < -0.39 is 0 Å².